The van der Waals surface area contributed by atoms with Crippen molar-refractivity contribution in [2.45, 2.75) is 26.2 Å². The molecule has 0 amide bonds. The minimum absolute atomic E-state index is 0.375. The minimum Gasteiger partial charge on any atom is -0.374 e. The van der Waals surface area contributed by atoms with Crippen molar-refractivity contribution in [2.75, 3.05) is 13.1 Å². The van der Waals surface area contributed by atoms with Crippen molar-refractivity contribution in [1.82, 2.24) is 15.3 Å². The van der Waals surface area contributed by atoms with Crippen LogP contribution in [0.4, 0.5) is 0 Å². The van der Waals surface area contributed by atoms with Gasteiger partial charge in [-0.1, -0.05) is 6.92 Å². The molecule has 0 bridgehead atoms. The molecule has 0 aromatic carbocycles. The summed E-state index contributed by atoms with van der Waals surface area (Å²) in [6, 6.07) is 1.84. The number of hydrogen-bond donors (Lipinski definition) is 1. The van der Waals surface area contributed by atoms with E-state index in [0.29, 0.717) is 5.92 Å². The Bertz CT molecular complexity index is 347. The van der Waals surface area contributed by atoms with Crippen molar-refractivity contribution in [2.24, 2.45) is 10.9 Å². The van der Waals surface area contributed by atoms with E-state index in [9.17, 15) is 0 Å². The van der Waals surface area contributed by atoms with Gasteiger partial charge in [0.15, 0.2) is 0 Å². The lowest BCUT2D eigenvalue weighted by Crippen LogP contribution is -2.30. The first-order chi connectivity index (χ1) is 7.86. The largest absolute Gasteiger partial charge is 0.374 e. The van der Waals surface area contributed by atoms with Crippen LogP contribution < -0.4 is 5.32 Å². The highest BCUT2D eigenvalue weighted by atomic mass is 15.0. The van der Waals surface area contributed by atoms with E-state index in [1.165, 1.54) is 12.8 Å². The first kappa shape index (κ1) is 11.0. The number of hydrogen-bond acceptors (Lipinski definition) is 4. The molecule has 4 heteroatoms. The van der Waals surface area contributed by atoms with Gasteiger partial charge in [0.1, 0.15) is 5.82 Å². The van der Waals surface area contributed by atoms with Crippen LogP contribution in [0, 0.1) is 5.92 Å². The fourth-order valence-corrected chi connectivity index (χ4v) is 1.84. The maximum absolute atomic E-state index is 4.57. The highest BCUT2D eigenvalue weighted by Crippen LogP contribution is 2.07. The van der Waals surface area contributed by atoms with Crippen LogP contribution in [-0.4, -0.2) is 28.9 Å². The van der Waals surface area contributed by atoms with Crippen LogP contribution in [-0.2, 0) is 6.42 Å². The Labute approximate surface area is 96.2 Å². The van der Waals surface area contributed by atoms with Crippen molar-refractivity contribution in [3.05, 3.63) is 24.3 Å². The molecule has 1 aliphatic heterocycles. The minimum atomic E-state index is 0.375. The predicted octanol–water partition coefficient (Wildman–Crippen LogP) is 1.44. The topological polar surface area (TPSA) is 50.2 Å². The van der Waals surface area contributed by atoms with Gasteiger partial charge in [0.2, 0.25) is 0 Å². The van der Waals surface area contributed by atoms with Gasteiger partial charge in [-0.25, -0.2) is 9.97 Å². The summed E-state index contributed by atoms with van der Waals surface area (Å²) < 4.78 is 0. The first-order valence-corrected chi connectivity index (χ1v) is 5.90. The van der Waals surface area contributed by atoms with Crippen LogP contribution in [0.2, 0.25) is 0 Å². The Kier molecular flexibility index (Phi) is 3.86. The lowest BCUT2D eigenvalue weighted by molar-refractivity contribution is 0.685. The molecule has 1 aromatic rings. The van der Waals surface area contributed by atoms with E-state index in [2.05, 4.69) is 27.2 Å². The molecule has 1 N–H and O–H groups in total. The van der Waals surface area contributed by atoms with Crippen molar-refractivity contribution >= 4 is 5.84 Å². The maximum atomic E-state index is 4.57. The number of amidine groups is 1. The van der Waals surface area contributed by atoms with Crippen molar-refractivity contribution in [3.8, 4) is 0 Å². The highest BCUT2D eigenvalue weighted by Gasteiger charge is 2.13. The van der Waals surface area contributed by atoms with Crippen LogP contribution in [0.1, 0.15) is 25.6 Å². The van der Waals surface area contributed by atoms with Gasteiger partial charge in [-0.05, 0) is 18.9 Å². The standard InChI is InChI=1S/C12H18N4/c1-10(9-11-13-7-4-8-14-11)12-15-5-2-3-6-16-12/h4,7-8,10H,2-3,5-6,9H2,1H3,(H,15,16)/t10-/m0/s1. The molecular formula is C12H18N4. The third-order valence-corrected chi connectivity index (χ3v) is 2.75. The Morgan fingerprint density at radius 3 is 2.94 bits per heavy atom. The average molecular weight is 218 g/mol. The van der Waals surface area contributed by atoms with Gasteiger partial charge in [0.05, 0.1) is 5.84 Å². The van der Waals surface area contributed by atoms with Crippen LogP contribution in [0.15, 0.2) is 23.5 Å². The van der Waals surface area contributed by atoms with Crippen LogP contribution in [0.5, 0.6) is 0 Å². The molecular weight excluding hydrogens is 200 g/mol. The Balaban J connectivity index is 1.97. The second-order valence-electron chi connectivity index (χ2n) is 4.17. The van der Waals surface area contributed by atoms with E-state index in [-0.39, 0.29) is 0 Å². The monoisotopic (exact) mass is 218 g/mol. The van der Waals surface area contributed by atoms with E-state index < -0.39 is 0 Å². The summed E-state index contributed by atoms with van der Waals surface area (Å²) in [4.78, 5) is 13.1. The Morgan fingerprint density at radius 1 is 1.31 bits per heavy atom. The lowest BCUT2D eigenvalue weighted by atomic mass is 10.1. The van der Waals surface area contributed by atoms with E-state index in [4.69, 9.17) is 0 Å². The predicted molar refractivity (Wildman–Crippen MR) is 64.4 cm³/mol. The lowest BCUT2D eigenvalue weighted by Gasteiger charge is -2.14. The summed E-state index contributed by atoms with van der Waals surface area (Å²) in [6.45, 7) is 4.16. The maximum Gasteiger partial charge on any atom is 0.128 e. The zero-order valence-corrected chi connectivity index (χ0v) is 9.69. The molecule has 0 aliphatic carbocycles. The van der Waals surface area contributed by atoms with Gasteiger partial charge in [0, 0.05) is 37.8 Å². The SMILES string of the molecule is C[C@@H](Cc1ncccn1)C1=NCCCCN1. The van der Waals surface area contributed by atoms with Crippen LogP contribution in [0.3, 0.4) is 0 Å². The Hall–Kier alpha value is -1.45. The number of nitrogens with zero attached hydrogens (tertiary/aromatic N) is 3. The third kappa shape index (κ3) is 3.02. The second-order valence-corrected chi connectivity index (χ2v) is 4.17. The van der Waals surface area contributed by atoms with E-state index >= 15 is 0 Å². The molecule has 0 saturated heterocycles. The smallest absolute Gasteiger partial charge is 0.128 e. The zero-order valence-electron chi connectivity index (χ0n) is 9.69. The molecule has 2 heterocycles. The summed E-state index contributed by atoms with van der Waals surface area (Å²) >= 11 is 0. The van der Waals surface area contributed by atoms with E-state index in [1.807, 2.05) is 6.07 Å². The van der Waals surface area contributed by atoms with Crippen LogP contribution >= 0.6 is 0 Å². The molecule has 1 aliphatic rings. The third-order valence-electron chi connectivity index (χ3n) is 2.75. The van der Waals surface area contributed by atoms with Gasteiger partial charge in [-0.2, -0.15) is 0 Å². The second kappa shape index (κ2) is 5.58. The summed E-state index contributed by atoms with van der Waals surface area (Å²) in [5.41, 5.74) is 0. The fraction of sp³-hybridized carbons (Fsp3) is 0.583. The van der Waals surface area contributed by atoms with Gasteiger partial charge in [-0.3, -0.25) is 4.99 Å². The molecule has 0 fully saturated rings. The molecule has 16 heavy (non-hydrogen) atoms. The van der Waals surface area contributed by atoms with E-state index in [0.717, 1.165) is 31.2 Å². The van der Waals surface area contributed by atoms with Crippen molar-refractivity contribution in [1.29, 1.82) is 0 Å². The highest BCUT2D eigenvalue weighted by molar-refractivity contribution is 5.84. The van der Waals surface area contributed by atoms with Crippen molar-refractivity contribution in [3.63, 3.8) is 0 Å². The number of aliphatic imine (C=N–C) groups is 1. The summed E-state index contributed by atoms with van der Waals surface area (Å²) in [5, 5.41) is 3.40. The van der Waals surface area contributed by atoms with Gasteiger partial charge in [0.25, 0.3) is 0 Å². The molecule has 2 rings (SSSR count). The number of aromatic nitrogens is 2. The summed E-state index contributed by atoms with van der Waals surface area (Å²) in [6.07, 6.45) is 6.83. The van der Waals surface area contributed by atoms with Gasteiger partial charge < -0.3 is 5.32 Å². The Morgan fingerprint density at radius 2 is 2.12 bits per heavy atom. The number of rotatable bonds is 3. The molecule has 0 radical (unpaired) electrons. The molecule has 4 nitrogen and oxygen atoms in total. The molecule has 1 aromatic heterocycles. The van der Waals surface area contributed by atoms with Crippen molar-refractivity contribution < 1.29 is 0 Å². The first-order valence-electron chi connectivity index (χ1n) is 5.90. The van der Waals surface area contributed by atoms with Gasteiger partial charge >= 0.3 is 0 Å². The van der Waals surface area contributed by atoms with Gasteiger partial charge in [-0.15, -0.1) is 0 Å². The molecule has 0 spiro atoms. The number of nitrogens with one attached hydrogen (secondary N) is 1. The molecule has 86 valence electrons. The fourth-order valence-electron chi connectivity index (χ4n) is 1.84. The van der Waals surface area contributed by atoms with E-state index in [1.54, 1.807) is 12.4 Å². The molecule has 1 atom stereocenters. The average Bonchev–Trinajstić information content (AvgIpc) is 2.59. The summed E-state index contributed by atoms with van der Waals surface area (Å²) in [5.74, 6) is 2.38. The molecule has 0 saturated carbocycles. The normalized spacial score (nSPS) is 18.2. The zero-order chi connectivity index (χ0) is 11.2. The molecule has 0 unspecified atom stereocenters. The van der Waals surface area contributed by atoms with Crippen LogP contribution in [0.25, 0.3) is 0 Å². The summed E-state index contributed by atoms with van der Waals surface area (Å²) in [7, 11) is 0. The quantitative estimate of drug-likeness (QED) is 0.835.